The molecule has 1 nitrogen and oxygen atoms in total. The molecule has 0 atom stereocenters. The van der Waals surface area contributed by atoms with Crippen LogP contribution in [0.4, 0.5) is 0 Å². The van der Waals surface area contributed by atoms with E-state index in [1.54, 1.807) is 6.08 Å². The lowest BCUT2D eigenvalue weighted by Gasteiger charge is -2.25. The van der Waals surface area contributed by atoms with E-state index < -0.39 is 0 Å². The summed E-state index contributed by atoms with van der Waals surface area (Å²) in [6.45, 7) is 11.0. The maximum atomic E-state index is 5.49. The number of ether oxygens (including phenoxy) is 1. The van der Waals surface area contributed by atoms with Crippen LogP contribution < -0.4 is 0 Å². The monoisotopic (exact) mass is 192 g/mol. The minimum absolute atomic E-state index is 0.292. The summed E-state index contributed by atoms with van der Waals surface area (Å²) >= 11 is 0. The Morgan fingerprint density at radius 2 is 2.07 bits per heavy atom. The average molecular weight is 192 g/mol. The molecule has 0 saturated carbocycles. The maximum Gasteiger partial charge on any atom is 0.106 e. The van der Waals surface area contributed by atoms with Gasteiger partial charge in [-0.3, -0.25) is 0 Å². The molecule has 0 fully saturated rings. The Balaban J connectivity index is 2.59. The van der Waals surface area contributed by atoms with E-state index >= 15 is 0 Å². The third kappa shape index (κ3) is 3.06. The Morgan fingerprint density at radius 1 is 1.36 bits per heavy atom. The summed E-state index contributed by atoms with van der Waals surface area (Å²) in [5.41, 5.74) is 1.80. The minimum Gasteiger partial charge on any atom is -0.494 e. The Kier molecular flexibility index (Phi) is 3.56. The molecule has 0 unspecified atom stereocenters. The second-order valence-electron chi connectivity index (χ2n) is 4.67. The van der Waals surface area contributed by atoms with Crippen LogP contribution in [-0.2, 0) is 4.74 Å². The van der Waals surface area contributed by atoms with E-state index in [4.69, 9.17) is 4.74 Å². The number of allylic oxidation sites excluding steroid dienone is 4. The van der Waals surface area contributed by atoms with Gasteiger partial charge in [0.15, 0.2) is 0 Å². The third-order valence-electron chi connectivity index (χ3n) is 2.46. The molecule has 0 N–H and O–H groups in total. The van der Waals surface area contributed by atoms with Crippen LogP contribution >= 0.6 is 0 Å². The van der Waals surface area contributed by atoms with Gasteiger partial charge in [-0.05, 0) is 17.9 Å². The molecule has 78 valence electrons. The number of hydrogen-bond acceptors (Lipinski definition) is 1. The molecule has 0 amide bonds. The van der Waals surface area contributed by atoms with Gasteiger partial charge in [0.25, 0.3) is 0 Å². The van der Waals surface area contributed by atoms with E-state index in [9.17, 15) is 0 Å². The minimum atomic E-state index is 0.292. The van der Waals surface area contributed by atoms with Crippen molar-refractivity contribution in [2.45, 2.75) is 33.6 Å². The van der Waals surface area contributed by atoms with Gasteiger partial charge in [-0.1, -0.05) is 45.1 Å². The first kappa shape index (κ1) is 11.1. The van der Waals surface area contributed by atoms with Gasteiger partial charge in [0.1, 0.15) is 6.61 Å². The fourth-order valence-corrected chi connectivity index (χ4v) is 1.53. The topological polar surface area (TPSA) is 9.23 Å². The highest BCUT2D eigenvalue weighted by Crippen LogP contribution is 2.32. The SMILES string of the molecule is C=CCOC1=CC=C(C(C)(C)C)CC1. The molecular weight excluding hydrogens is 172 g/mol. The molecule has 0 aliphatic heterocycles. The molecule has 14 heavy (non-hydrogen) atoms. The molecule has 1 aliphatic carbocycles. The van der Waals surface area contributed by atoms with Crippen LogP contribution in [0.3, 0.4) is 0 Å². The highest BCUT2D eigenvalue weighted by molar-refractivity contribution is 5.24. The smallest absolute Gasteiger partial charge is 0.106 e. The van der Waals surface area contributed by atoms with Crippen molar-refractivity contribution in [3.63, 3.8) is 0 Å². The number of rotatable bonds is 3. The molecule has 0 radical (unpaired) electrons. The molecule has 0 aromatic heterocycles. The lowest BCUT2D eigenvalue weighted by Crippen LogP contribution is -2.12. The Hall–Kier alpha value is -0.980. The van der Waals surface area contributed by atoms with Gasteiger partial charge in [-0.2, -0.15) is 0 Å². The quantitative estimate of drug-likeness (QED) is 0.617. The second kappa shape index (κ2) is 4.50. The van der Waals surface area contributed by atoms with Crippen molar-refractivity contribution in [2.24, 2.45) is 5.41 Å². The van der Waals surface area contributed by atoms with E-state index in [0.29, 0.717) is 12.0 Å². The van der Waals surface area contributed by atoms with E-state index in [1.807, 2.05) is 0 Å². The van der Waals surface area contributed by atoms with Crippen molar-refractivity contribution in [2.75, 3.05) is 6.61 Å². The molecule has 0 aromatic rings. The second-order valence-corrected chi connectivity index (χ2v) is 4.67. The van der Waals surface area contributed by atoms with Crippen LogP contribution in [0.5, 0.6) is 0 Å². The van der Waals surface area contributed by atoms with Crippen LogP contribution in [0.1, 0.15) is 33.6 Å². The van der Waals surface area contributed by atoms with Crippen molar-refractivity contribution in [3.8, 4) is 0 Å². The van der Waals surface area contributed by atoms with E-state index in [1.165, 1.54) is 5.57 Å². The summed E-state index contributed by atoms with van der Waals surface area (Å²) in [6, 6.07) is 0. The van der Waals surface area contributed by atoms with Crippen molar-refractivity contribution >= 4 is 0 Å². The number of hydrogen-bond donors (Lipinski definition) is 0. The lowest BCUT2D eigenvalue weighted by atomic mass is 9.82. The van der Waals surface area contributed by atoms with E-state index in [-0.39, 0.29) is 0 Å². The van der Waals surface area contributed by atoms with Crippen molar-refractivity contribution in [3.05, 3.63) is 36.1 Å². The first-order valence-electron chi connectivity index (χ1n) is 5.18. The van der Waals surface area contributed by atoms with Crippen molar-refractivity contribution in [1.29, 1.82) is 0 Å². The third-order valence-corrected chi connectivity index (χ3v) is 2.46. The molecule has 0 spiro atoms. The molecule has 0 aromatic carbocycles. The van der Waals surface area contributed by atoms with Crippen LogP contribution in [0, 0.1) is 5.41 Å². The zero-order chi connectivity index (χ0) is 10.6. The summed E-state index contributed by atoms with van der Waals surface area (Å²) in [4.78, 5) is 0. The average Bonchev–Trinajstić information content (AvgIpc) is 2.14. The Bertz CT molecular complexity index is 263. The van der Waals surface area contributed by atoms with E-state index in [0.717, 1.165) is 18.6 Å². The van der Waals surface area contributed by atoms with Gasteiger partial charge >= 0.3 is 0 Å². The van der Waals surface area contributed by atoms with Gasteiger partial charge in [-0.25, -0.2) is 0 Å². The fourth-order valence-electron chi connectivity index (χ4n) is 1.53. The maximum absolute atomic E-state index is 5.49. The Morgan fingerprint density at radius 3 is 2.50 bits per heavy atom. The van der Waals surface area contributed by atoms with Gasteiger partial charge in [0.2, 0.25) is 0 Å². The molecular formula is C13H20O. The van der Waals surface area contributed by atoms with Crippen LogP contribution in [0.2, 0.25) is 0 Å². The van der Waals surface area contributed by atoms with Crippen LogP contribution in [-0.4, -0.2) is 6.61 Å². The van der Waals surface area contributed by atoms with Crippen molar-refractivity contribution < 1.29 is 4.74 Å². The predicted molar refractivity (Wildman–Crippen MR) is 61.0 cm³/mol. The van der Waals surface area contributed by atoms with Crippen LogP contribution in [0.25, 0.3) is 0 Å². The molecule has 0 heterocycles. The van der Waals surface area contributed by atoms with Crippen molar-refractivity contribution in [1.82, 2.24) is 0 Å². The first-order chi connectivity index (χ1) is 6.54. The molecule has 0 saturated heterocycles. The normalized spacial score (nSPS) is 17.1. The molecule has 1 aliphatic rings. The van der Waals surface area contributed by atoms with Gasteiger partial charge in [0, 0.05) is 6.42 Å². The largest absolute Gasteiger partial charge is 0.494 e. The first-order valence-corrected chi connectivity index (χ1v) is 5.18. The Labute approximate surface area is 87.2 Å². The molecule has 1 rings (SSSR count). The van der Waals surface area contributed by atoms with Gasteiger partial charge in [0.05, 0.1) is 5.76 Å². The highest BCUT2D eigenvalue weighted by atomic mass is 16.5. The zero-order valence-electron chi connectivity index (χ0n) is 9.47. The summed E-state index contributed by atoms with van der Waals surface area (Å²) in [5.74, 6) is 1.08. The molecule has 0 bridgehead atoms. The summed E-state index contributed by atoms with van der Waals surface area (Å²) in [7, 11) is 0. The van der Waals surface area contributed by atoms with Gasteiger partial charge < -0.3 is 4.74 Å². The van der Waals surface area contributed by atoms with Gasteiger partial charge in [-0.15, -0.1) is 0 Å². The zero-order valence-corrected chi connectivity index (χ0v) is 9.47. The summed E-state index contributed by atoms with van der Waals surface area (Å²) < 4.78 is 5.49. The predicted octanol–water partition coefficient (Wildman–Crippen LogP) is 3.84. The lowest BCUT2D eigenvalue weighted by molar-refractivity contribution is 0.233. The highest BCUT2D eigenvalue weighted by Gasteiger charge is 2.18. The fraction of sp³-hybridized carbons (Fsp3) is 0.538. The van der Waals surface area contributed by atoms with E-state index in [2.05, 4.69) is 39.5 Å². The summed E-state index contributed by atoms with van der Waals surface area (Å²) in [5, 5.41) is 0. The molecule has 1 heteroatoms. The summed E-state index contributed by atoms with van der Waals surface area (Å²) in [6.07, 6.45) is 8.21. The van der Waals surface area contributed by atoms with Crippen LogP contribution in [0.15, 0.2) is 36.1 Å². The standard InChI is InChI=1S/C13H20O/c1-5-10-14-12-8-6-11(7-9-12)13(2,3)4/h5-6,8H,1,7,9-10H2,2-4H3.